The lowest BCUT2D eigenvalue weighted by atomic mass is 10.2. The van der Waals surface area contributed by atoms with E-state index in [1.54, 1.807) is 0 Å². The number of hydrogen-bond donors (Lipinski definition) is 2. The summed E-state index contributed by atoms with van der Waals surface area (Å²) in [5.41, 5.74) is 0.802. The monoisotopic (exact) mass is 389 g/mol. The lowest BCUT2D eigenvalue weighted by Crippen LogP contribution is -2.51. The number of anilines is 1. The highest BCUT2D eigenvalue weighted by atomic mass is 79.9. The second kappa shape index (κ2) is 6.83. The molecule has 2 N–H and O–H groups in total. The van der Waals surface area contributed by atoms with E-state index in [0.29, 0.717) is 12.6 Å². The molecule has 1 saturated heterocycles. The van der Waals surface area contributed by atoms with Crippen molar-refractivity contribution < 1.29 is 4.79 Å². The Bertz CT molecular complexity index is 467. The van der Waals surface area contributed by atoms with Crippen molar-refractivity contribution in [1.82, 2.24) is 10.2 Å². The van der Waals surface area contributed by atoms with Crippen LogP contribution < -0.4 is 10.6 Å². The summed E-state index contributed by atoms with van der Waals surface area (Å²) in [5, 5.41) is 6.29. The highest BCUT2D eigenvalue weighted by Gasteiger charge is 2.18. The van der Waals surface area contributed by atoms with Gasteiger partial charge in [0.05, 0.1) is 12.2 Å². The van der Waals surface area contributed by atoms with Gasteiger partial charge in [-0.1, -0.05) is 15.9 Å². The first-order chi connectivity index (χ1) is 9.04. The number of nitrogens with one attached hydrogen (secondary N) is 2. The highest BCUT2D eigenvalue weighted by molar-refractivity contribution is 9.11. The predicted molar refractivity (Wildman–Crippen MR) is 84.4 cm³/mol. The molecule has 4 nitrogen and oxygen atoms in total. The Kier molecular flexibility index (Phi) is 5.38. The second-order valence-corrected chi connectivity index (χ2v) is 6.53. The highest BCUT2D eigenvalue weighted by Crippen LogP contribution is 2.26. The van der Waals surface area contributed by atoms with Crippen LogP contribution in [0.5, 0.6) is 0 Å². The number of amides is 1. The van der Waals surface area contributed by atoms with Gasteiger partial charge in [-0.2, -0.15) is 0 Å². The Morgan fingerprint density at radius 1 is 1.53 bits per heavy atom. The van der Waals surface area contributed by atoms with Crippen LogP contribution in [0, 0.1) is 0 Å². The van der Waals surface area contributed by atoms with E-state index in [4.69, 9.17) is 0 Å². The first kappa shape index (κ1) is 15.0. The molecule has 1 aromatic carbocycles. The quantitative estimate of drug-likeness (QED) is 0.833. The molecule has 1 aliphatic rings. The minimum atomic E-state index is 0.0251. The first-order valence-corrected chi connectivity index (χ1v) is 7.84. The molecule has 6 heteroatoms. The minimum absolute atomic E-state index is 0.0251. The van der Waals surface area contributed by atoms with E-state index in [2.05, 4.69) is 54.3 Å². The Morgan fingerprint density at radius 3 is 3.00 bits per heavy atom. The van der Waals surface area contributed by atoms with Gasteiger partial charge in [-0.15, -0.1) is 0 Å². The van der Waals surface area contributed by atoms with Gasteiger partial charge in [-0.05, 0) is 41.1 Å². The van der Waals surface area contributed by atoms with E-state index < -0.39 is 0 Å². The summed E-state index contributed by atoms with van der Waals surface area (Å²) in [6.07, 6.45) is 0. The van der Waals surface area contributed by atoms with E-state index in [9.17, 15) is 4.79 Å². The van der Waals surface area contributed by atoms with Crippen LogP contribution in [-0.2, 0) is 4.79 Å². The van der Waals surface area contributed by atoms with Crippen molar-refractivity contribution in [3.05, 3.63) is 27.1 Å². The van der Waals surface area contributed by atoms with Crippen LogP contribution in [0.25, 0.3) is 0 Å². The Hall–Kier alpha value is -0.430. The molecule has 0 radical (unpaired) electrons. The largest absolute Gasteiger partial charge is 0.324 e. The lowest BCUT2D eigenvalue weighted by Gasteiger charge is -2.31. The van der Waals surface area contributed by atoms with Gasteiger partial charge >= 0.3 is 0 Å². The zero-order valence-corrected chi connectivity index (χ0v) is 13.9. The number of piperazine rings is 1. The van der Waals surface area contributed by atoms with Gasteiger partial charge in [0.25, 0.3) is 0 Å². The van der Waals surface area contributed by atoms with Crippen LogP contribution in [0.1, 0.15) is 6.92 Å². The summed E-state index contributed by atoms with van der Waals surface area (Å²) in [6, 6.07) is 6.16. The lowest BCUT2D eigenvalue weighted by molar-refractivity contribution is -0.117. The van der Waals surface area contributed by atoms with Crippen molar-refractivity contribution in [3.8, 4) is 0 Å². The van der Waals surface area contributed by atoms with Crippen molar-refractivity contribution in [1.29, 1.82) is 0 Å². The molecular formula is C13H17Br2N3O. The molecule has 0 spiro atoms. The topological polar surface area (TPSA) is 44.4 Å². The Morgan fingerprint density at radius 2 is 2.32 bits per heavy atom. The van der Waals surface area contributed by atoms with Crippen molar-refractivity contribution in [2.75, 3.05) is 31.5 Å². The fourth-order valence-electron chi connectivity index (χ4n) is 2.14. The van der Waals surface area contributed by atoms with Gasteiger partial charge in [-0.3, -0.25) is 9.69 Å². The van der Waals surface area contributed by atoms with Crippen molar-refractivity contribution >= 4 is 43.5 Å². The van der Waals surface area contributed by atoms with Crippen LogP contribution >= 0.6 is 31.9 Å². The maximum atomic E-state index is 12.0. The third kappa shape index (κ3) is 4.56. The van der Waals surface area contributed by atoms with Crippen LogP contribution in [0.3, 0.4) is 0 Å². The van der Waals surface area contributed by atoms with E-state index in [0.717, 1.165) is 34.3 Å². The zero-order chi connectivity index (χ0) is 13.8. The number of carbonyl (C=O) groups excluding carboxylic acids is 1. The van der Waals surface area contributed by atoms with Gasteiger partial charge < -0.3 is 10.6 Å². The third-order valence-corrected chi connectivity index (χ3v) is 4.17. The average Bonchev–Trinajstić information content (AvgIpc) is 2.33. The number of rotatable bonds is 3. The van der Waals surface area contributed by atoms with E-state index in [-0.39, 0.29) is 5.91 Å². The maximum Gasteiger partial charge on any atom is 0.238 e. The van der Waals surface area contributed by atoms with Crippen molar-refractivity contribution in [2.24, 2.45) is 0 Å². The van der Waals surface area contributed by atoms with E-state index >= 15 is 0 Å². The summed E-state index contributed by atoms with van der Waals surface area (Å²) < 4.78 is 1.86. The minimum Gasteiger partial charge on any atom is -0.324 e. The molecule has 0 saturated carbocycles. The number of carbonyl (C=O) groups is 1. The zero-order valence-electron chi connectivity index (χ0n) is 10.7. The molecule has 1 fully saturated rings. The van der Waals surface area contributed by atoms with Gasteiger partial charge in [0, 0.05) is 34.6 Å². The summed E-state index contributed by atoms with van der Waals surface area (Å²) in [4.78, 5) is 14.2. The molecule has 1 atom stereocenters. The molecule has 104 valence electrons. The second-order valence-electron chi connectivity index (χ2n) is 4.76. The van der Waals surface area contributed by atoms with Crippen LogP contribution in [0.15, 0.2) is 27.1 Å². The van der Waals surface area contributed by atoms with Crippen LogP contribution in [0.2, 0.25) is 0 Å². The Labute approximate surface area is 130 Å². The van der Waals surface area contributed by atoms with E-state index in [1.807, 2.05) is 18.2 Å². The van der Waals surface area contributed by atoms with Gasteiger partial charge in [0.2, 0.25) is 5.91 Å². The van der Waals surface area contributed by atoms with E-state index in [1.165, 1.54) is 0 Å². The number of hydrogen-bond acceptors (Lipinski definition) is 3. The molecule has 1 aliphatic heterocycles. The predicted octanol–water partition coefficient (Wildman–Crippen LogP) is 2.44. The molecule has 0 bridgehead atoms. The summed E-state index contributed by atoms with van der Waals surface area (Å²) >= 11 is 6.83. The number of benzene rings is 1. The summed E-state index contributed by atoms with van der Waals surface area (Å²) in [6.45, 7) is 5.34. The molecule has 0 aromatic heterocycles. The molecule has 1 unspecified atom stereocenters. The molecule has 2 rings (SSSR count). The molecule has 1 aromatic rings. The molecule has 0 aliphatic carbocycles. The SMILES string of the molecule is CC1CN(CC(=O)Nc2ccc(Br)cc2Br)CCN1. The molecule has 1 heterocycles. The van der Waals surface area contributed by atoms with Gasteiger partial charge in [0.1, 0.15) is 0 Å². The van der Waals surface area contributed by atoms with Gasteiger partial charge in [-0.25, -0.2) is 0 Å². The molecule has 1 amide bonds. The third-order valence-electron chi connectivity index (χ3n) is 3.03. The fraction of sp³-hybridized carbons (Fsp3) is 0.462. The number of nitrogens with zero attached hydrogens (tertiary/aromatic N) is 1. The summed E-state index contributed by atoms with van der Waals surface area (Å²) in [5.74, 6) is 0.0251. The van der Waals surface area contributed by atoms with Crippen LogP contribution in [0.4, 0.5) is 5.69 Å². The average molecular weight is 391 g/mol. The Balaban J connectivity index is 1.90. The summed E-state index contributed by atoms with van der Waals surface area (Å²) in [7, 11) is 0. The standard InChI is InChI=1S/C13H17Br2N3O/c1-9-7-18(5-4-16-9)8-13(19)17-12-3-2-10(14)6-11(12)15/h2-3,6,9,16H,4-5,7-8H2,1H3,(H,17,19). The van der Waals surface area contributed by atoms with Crippen molar-refractivity contribution in [2.45, 2.75) is 13.0 Å². The number of halogens is 2. The first-order valence-electron chi connectivity index (χ1n) is 6.25. The maximum absolute atomic E-state index is 12.0. The fourth-order valence-corrected chi connectivity index (χ4v) is 3.29. The van der Waals surface area contributed by atoms with Crippen LogP contribution in [-0.4, -0.2) is 43.0 Å². The molecular weight excluding hydrogens is 374 g/mol. The normalized spacial score (nSPS) is 20.3. The van der Waals surface area contributed by atoms with Gasteiger partial charge in [0.15, 0.2) is 0 Å². The smallest absolute Gasteiger partial charge is 0.238 e. The molecule has 19 heavy (non-hydrogen) atoms. The van der Waals surface area contributed by atoms with Crippen molar-refractivity contribution in [3.63, 3.8) is 0 Å².